The van der Waals surface area contributed by atoms with Crippen molar-refractivity contribution in [3.05, 3.63) is 34.1 Å². The zero-order chi connectivity index (χ0) is 14.0. The molecule has 0 saturated carbocycles. The highest BCUT2D eigenvalue weighted by Crippen LogP contribution is 2.18. The Morgan fingerprint density at radius 3 is 2.32 bits per heavy atom. The van der Waals surface area contributed by atoms with Crippen molar-refractivity contribution in [3.8, 4) is 0 Å². The molecule has 0 aliphatic carbocycles. The van der Waals surface area contributed by atoms with E-state index in [-0.39, 0.29) is 17.4 Å². The lowest BCUT2D eigenvalue weighted by atomic mass is 10.1. The maximum absolute atomic E-state index is 13.6. The lowest BCUT2D eigenvalue weighted by molar-refractivity contribution is -0.130. The molecule has 1 heterocycles. The normalized spacial score (nSPS) is 15.5. The summed E-state index contributed by atoms with van der Waals surface area (Å²) < 4.78 is 14.3. The van der Waals surface area contributed by atoms with Gasteiger partial charge in [-0.2, -0.15) is 0 Å². The van der Waals surface area contributed by atoms with Gasteiger partial charge in [-0.05, 0) is 18.2 Å². The van der Waals surface area contributed by atoms with Crippen molar-refractivity contribution < 1.29 is 14.0 Å². The molecule has 1 saturated heterocycles. The molecule has 2 rings (SSSR count). The van der Waals surface area contributed by atoms with Crippen LogP contribution in [-0.2, 0) is 4.79 Å². The first-order valence-corrected chi connectivity index (χ1v) is 6.78. The van der Waals surface area contributed by atoms with E-state index in [0.29, 0.717) is 30.7 Å². The monoisotopic (exact) mass is 328 g/mol. The Morgan fingerprint density at radius 1 is 1.16 bits per heavy atom. The number of nitrogens with zero attached hydrogens (tertiary/aromatic N) is 2. The largest absolute Gasteiger partial charge is 0.339 e. The number of rotatable bonds is 1. The predicted octanol–water partition coefficient (Wildman–Crippen LogP) is 1.89. The SMILES string of the molecule is CC(=O)N1CCN(C(=O)c2cc(Br)ccc2F)CC1. The van der Waals surface area contributed by atoms with Crippen LogP contribution >= 0.6 is 15.9 Å². The van der Waals surface area contributed by atoms with Crippen molar-refractivity contribution >= 4 is 27.7 Å². The molecule has 0 N–H and O–H groups in total. The molecule has 1 aliphatic heterocycles. The molecule has 19 heavy (non-hydrogen) atoms. The van der Waals surface area contributed by atoms with Crippen LogP contribution in [0.1, 0.15) is 17.3 Å². The third kappa shape index (κ3) is 3.12. The maximum atomic E-state index is 13.6. The number of carbonyl (C=O) groups is 2. The highest BCUT2D eigenvalue weighted by atomic mass is 79.9. The van der Waals surface area contributed by atoms with Crippen LogP contribution in [0, 0.1) is 5.82 Å². The van der Waals surface area contributed by atoms with Gasteiger partial charge in [0.25, 0.3) is 5.91 Å². The van der Waals surface area contributed by atoms with Crippen molar-refractivity contribution in [1.29, 1.82) is 0 Å². The Bertz CT molecular complexity index is 513. The summed E-state index contributed by atoms with van der Waals surface area (Å²) >= 11 is 3.23. The molecule has 0 radical (unpaired) electrons. The lowest BCUT2D eigenvalue weighted by Crippen LogP contribution is -2.50. The summed E-state index contributed by atoms with van der Waals surface area (Å²) in [5, 5.41) is 0. The zero-order valence-electron chi connectivity index (χ0n) is 10.5. The first kappa shape index (κ1) is 14.0. The number of amides is 2. The van der Waals surface area contributed by atoms with Crippen LogP contribution in [0.3, 0.4) is 0 Å². The molecule has 2 amide bonds. The first-order chi connectivity index (χ1) is 8.99. The molecule has 0 spiro atoms. The van der Waals surface area contributed by atoms with Gasteiger partial charge < -0.3 is 9.80 Å². The quantitative estimate of drug-likeness (QED) is 0.790. The van der Waals surface area contributed by atoms with Crippen molar-refractivity contribution in [2.75, 3.05) is 26.2 Å². The van der Waals surface area contributed by atoms with E-state index in [1.54, 1.807) is 15.9 Å². The van der Waals surface area contributed by atoms with Crippen LogP contribution in [-0.4, -0.2) is 47.8 Å². The Balaban J connectivity index is 2.09. The second kappa shape index (κ2) is 5.69. The molecular weight excluding hydrogens is 315 g/mol. The number of halogens is 2. The molecule has 0 bridgehead atoms. The van der Waals surface area contributed by atoms with Crippen molar-refractivity contribution in [2.24, 2.45) is 0 Å². The predicted molar refractivity (Wildman–Crippen MR) is 72.3 cm³/mol. The summed E-state index contributed by atoms with van der Waals surface area (Å²) in [4.78, 5) is 26.7. The number of hydrogen-bond acceptors (Lipinski definition) is 2. The van der Waals surface area contributed by atoms with E-state index in [1.165, 1.54) is 19.1 Å². The highest BCUT2D eigenvalue weighted by molar-refractivity contribution is 9.10. The molecule has 0 atom stereocenters. The minimum absolute atomic E-state index is 0.000681. The summed E-state index contributed by atoms with van der Waals surface area (Å²) in [6, 6.07) is 4.30. The number of piperazine rings is 1. The number of benzene rings is 1. The van der Waals surface area contributed by atoms with E-state index >= 15 is 0 Å². The van der Waals surface area contributed by atoms with Crippen LogP contribution in [0.2, 0.25) is 0 Å². The molecule has 0 aromatic heterocycles. The standard InChI is InChI=1S/C13H14BrFN2O2/c1-9(18)16-4-6-17(7-5-16)13(19)11-8-10(14)2-3-12(11)15/h2-3,8H,4-7H2,1H3. The molecule has 102 valence electrons. The topological polar surface area (TPSA) is 40.6 Å². The van der Waals surface area contributed by atoms with Crippen LogP contribution in [0.25, 0.3) is 0 Å². The van der Waals surface area contributed by atoms with Gasteiger partial charge in [0.05, 0.1) is 5.56 Å². The fourth-order valence-corrected chi connectivity index (χ4v) is 2.42. The molecule has 0 unspecified atom stereocenters. The van der Waals surface area contributed by atoms with Gasteiger partial charge in [0.2, 0.25) is 5.91 Å². The average Bonchev–Trinajstić information content (AvgIpc) is 2.41. The zero-order valence-corrected chi connectivity index (χ0v) is 12.1. The Labute approximate surface area is 119 Å². The van der Waals surface area contributed by atoms with E-state index in [1.807, 2.05) is 0 Å². The van der Waals surface area contributed by atoms with Crippen LogP contribution in [0.15, 0.2) is 22.7 Å². The van der Waals surface area contributed by atoms with E-state index in [0.717, 1.165) is 0 Å². The maximum Gasteiger partial charge on any atom is 0.256 e. The van der Waals surface area contributed by atoms with Crippen LogP contribution < -0.4 is 0 Å². The van der Waals surface area contributed by atoms with E-state index in [4.69, 9.17) is 0 Å². The van der Waals surface area contributed by atoms with Crippen molar-refractivity contribution in [1.82, 2.24) is 9.80 Å². The third-order valence-electron chi connectivity index (χ3n) is 3.17. The summed E-state index contributed by atoms with van der Waals surface area (Å²) in [6.45, 7) is 3.37. The molecule has 1 aromatic carbocycles. The molecular formula is C13H14BrFN2O2. The fraction of sp³-hybridized carbons (Fsp3) is 0.385. The molecule has 6 heteroatoms. The summed E-state index contributed by atoms with van der Waals surface area (Å²) in [5.41, 5.74) is 0.0608. The molecule has 1 aliphatic rings. The fourth-order valence-electron chi connectivity index (χ4n) is 2.06. The average molecular weight is 329 g/mol. The minimum atomic E-state index is -0.526. The smallest absolute Gasteiger partial charge is 0.256 e. The Hall–Kier alpha value is -1.43. The second-order valence-corrected chi connectivity index (χ2v) is 5.34. The number of carbonyl (C=O) groups excluding carboxylic acids is 2. The highest BCUT2D eigenvalue weighted by Gasteiger charge is 2.24. The third-order valence-corrected chi connectivity index (χ3v) is 3.66. The summed E-state index contributed by atoms with van der Waals surface area (Å²) in [5.74, 6) is -0.857. The number of hydrogen-bond donors (Lipinski definition) is 0. The van der Waals surface area contributed by atoms with Gasteiger partial charge in [-0.1, -0.05) is 15.9 Å². The Kier molecular flexibility index (Phi) is 4.19. The van der Waals surface area contributed by atoms with Gasteiger partial charge in [0.1, 0.15) is 5.82 Å². The molecule has 4 nitrogen and oxygen atoms in total. The molecule has 1 aromatic rings. The van der Waals surface area contributed by atoms with Gasteiger partial charge in [-0.3, -0.25) is 9.59 Å². The van der Waals surface area contributed by atoms with E-state index in [2.05, 4.69) is 15.9 Å². The van der Waals surface area contributed by atoms with Crippen LogP contribution in [0.5, 0.6) is 0 Å². The first-order valence-electron chi connectivity index (χ1n) is 5.99. The van der Waals surface area contributed by atoms with E-state index < -0.39 is 5.82 Å². The van der Waals surface area contributed by atoms with Crippen molar-refractivity contribution in [3.63, 3.8) is 0 Å². The van der Waals surface area contributed by atoms with Crippen LogP contribution in [0.4, 0.5) is 4.39 Å². The summed E-state index contributed by atoms with van der Waals surface area (Å²) in [6.07, 6.45) is 0. The lowest BCUT2D eigenvalue weighted by Gasteiger charge is -2.34. The second-order valence-electron chi connectivity index (χ2n) is 4.42. The summed E-state index contributed by atoms with van der Waals surface area (Å²) in [7, 11) is 0. The Morgan fingerprint density at radius 2 is 1.74 bits per heavy atom. The van der Waals surface area contributed by atoms with E-state index in [9.17, 15) is 14.0 Å². The van der Waals surface area contributed by atoms with Gasteiger partial charge >= 0.3 is 0 Å². The van der Waals surface area contributed by atoms with Gasteiger partial charge in [0, 0.05) is 37.6 Å². The van der Waals surface area contributed by atoms with Gasteiger partial charge in [-0.15, -0.1) is 0 Å². The molecule has 1 fully saturated rings. The van der Waals surface area contributed by atoms with Crippen molar-refractivity contribution in [2.45, 2.75) is 6.92 Å². The van der Waals surface area contributed by atoms with Gasteiger partial charge in [0.15, 0.2) is 0 Å². The minimum Gasteiger partial charge on any atom is -0.339 e. The van der Waals surface area contributed by atoms with Gasteiger partial charge in [-0.25, -0.2) is 4.39 Å².